The lowest BCUT2D eigenvalue weighted by molar-refractivity contribution is -0.139. The molecule has 0 aromatic carbocycles. The van der Waals surface area contributed by atoms with Gasteiger partial charge in [-0.15, -0.1) is 11.3 Å². The van der Waals surface area contributed by atoms with Crippen molar-refractivity contribution < 1.29 is 4.79 Å². The maximum Gasteiger partial charge on any atom is 0.225 e. The molecular weight excluding hydrogens is 370 g/mol. The maximum absolute atomic E-state index is 12.3. The zero-order valence-electron chi connectivity index (χ0n) is 17.5. The van der Waals surface area contributed by atoms with Crippen LogP contribution in [-0.4, -0.2) is 74.5 Å². The van der Waals surface area contributed by atoms with Crippen LogP contribution in [0.2, 0.25) is 0 Å². The van der Waals surface area contributed by atoms with E-state index < -0.39 is 0 Å². The van der Waals surface area contributed by atoms with Gasteiger partial charge in [0.2, 0.25) is 5.91 Å². The Morgan fingerprint density at radius 1 is 1.25 bits per heavy atom. The summed E-state index contributed by atoms with van der Waals surface area (Å²) in [4.78, 5) is 22.6. The van der Waals surface area contributed by atoms with Gasteiger partial charge in [0, 0.05) is 69.1 Å². The number of carbonyl (C=O) groups is 1. The average molecular weight is 406 g/mol. The fourth-order valence-electron chi connectivity index (χ4n) is 3.71. The van der Waals surface area contributed by atoms with E-state index in [9.17, 15) is 4.79 Å². The second kappa shape index (κ2) is 9.74. The van der Waals surface area contributed by atoms with Gasteiger partial charge in [0.25, 0.3) is 0 Å². The predicted octanol–water partition coefficient (Wildman–Crippen LogP) is 2.13. The Morgan fingerprint density at radius 2 is 2.00 bits per heavy atom. The summed E-state index contributed by atoms with van der Waals surface area (Å²) in [6.07, 6.45) is 3.42. The number of thiophene rings is 1. The molecule has 2 N–H and O–H groups in total. The molecule has 2 fully saturated rings. The van der Waals surface area contributed by atoms with Crippen molar-refractivity contribution in [2.45, 2.75) is 38.5 Å². The molecule has 156 valence electrons. The van der Waals surface area contributed by atoms with Gasteiger partial charge in [0.05, 0.1) is 0 Å². The van der Waals surface area contributed by atoms with E-state index in [4.69, 9.17) is 0 Å². The van der Waals surface area contributed by atoms with Crippen LogP contribution >= 0.6 is 11.3 Å². The number of hydrogen-bond acceptors (Lipinski definition) is 4. The van der Waals surface area contributed by atoms with Gasteiger partial charge in [0.15, 0.2) is 5.96 Å². The van der Waals surface area contributed by atoms with Gasteiger partial charge in [-0.05, 0) is 24.3 Å². The minimum Gasteiger partial charge on any atom is -0.356 e. The van der Waals surface area contributed by atoms with E-state index in [1.807, 2.05) is 7.05 Å². The van der Waals surface area contributed by atoms with Gasteiger partial charge in [-0.1, -0.05) is 26.3 Å². The summed E-state index contributed by atoms with van der Waals surface area (Å²) in [6.45, 7) is 10.9. The van der Waals surface area contributed by atoms with Crippen LogP contribution in [0, 0.1) is 5.92 Å². The number of carbonyl (C=O) groups excluding carboxylic acids is 1. The molecule has 2 aliphatic rings. The van der Waals surface area contributed by atoms with Gasteiger partial charge >= 0.3 is 0 Å². The molecule has 0 atom stereocenters. The van der Waals surface area contributed by atoms with Crippen molar-refractivity contribution in [3.63, 3.8) is 0 Å². The molecule has 0 bridgehead atoms. The third-order valence-electron chi connectivity index (χ3n) is 5.97. The van der Waals surface area contributed by atoms with E-state index in [2.05, 4.69) is 56.8 Å². The van der Waals surface area contributed by atoms with Crippen molar-refractivity contribution in [2.75, 3.05) is 52.9 Å². The Labute approximate surface area is 173 Å². The highest BCUT2D eigenvalue weighted by atomic mass is 32.1. The summed E-state index contributed by atoms with van der Waals surface area (Å²) >= 11 is 1.80. The van der Waals surface area contributed by atoms with Crippen molar-refractivity contribution >= 4 is 23.2 Å². The van der Waals surface area contributed by atoms with Crippen molar-refractivity contribution in [3.05, 3.63) is 22.4 Å². The summed E-state index contributed by atoms with van der Waals surface area (Å²) in [6, 6.07) is 4.30. The first-order valence-corrected chi connectivity index (χ1v) is 11.4. The highest BCUT2D eigenvalue weighted by Gasteiger charge is 2.31. The smallest absolute Gasteiger partial charge is 0.225 e. The summed E-state index contributed by atoms with van der Waals surface area (Å²) in [5, 5.41) is 9.01. The molecule has 28 heavy (non-hydrogen) atoms. The molecule has 1 aliphatic heterocycles. The highest BCUT2D eigenvalue weighted by molar-refractivity contribution is 7.10. The van der Waals surface area contributed by atoms with Gasteiger partial charge in [0.1, 0.15) is 0 Å². The number of piperazine rings is 1. The Kier molecular flexibility index (Phi) is 7.35. The SMILES string of the molecule is CN=C(NCCN1CCN(C(=O)C2CCC2)CC1)NCC(C)(C)c1cccs1. The Bertz CT molecular complexity index is 646. The van der Waals surface area contributed by atoms with Crippen molar-refractivity contribution in [2.24, 2.45) is 10.9 Å². The summed E-state index contributed by atoms with van der Waals surface area (Å²) < 4.78 is 0. The highest BCUT2D eigenvalue weighted by Crippen LogP contribution is 2.28. The number of hydrogen-bond donors (Lipinski definition) is 2. The van der Waals surface area contributed by atoms with Crippen LogP contribution < -0.4 is 10.6 Å². The molecule has 6 nitrogen and oxygen atoms in total. The van der Waals surface area contributed by atoms with Crippen LogP contribution in [-0.2, 0) is 10.2 Å². The van der Waals surface area contributed by atoms with E-state index in [1.54, 1.807) is 11.3 Å². The lowest BCUT2D eigenvalue weighted by Gasteiger charge is -2.38. The number of nitrogens with one attached hydrogen (secondary N) is 2. The quantitative estimate of drug-likeness (QED) is 0.539. The topological polar surface area (TPSA) is 60.0 Å². The number of nitrogens with zero attached hydrogens (tertiary/aromatic N) is 3. The van der Waals surface area contributed by atoms with Crippen molar-refractivity contribution in [1.82, 2.24) is 20.4 Å². The first-order chi connectivity index (χ1) is 13.5. The number of guanidine groups is 1. The summed E-state index contributed by atoms with van der Waals surface area (Å²) in [5.74, 6) is 1.56. The van der Waals surface area contributed by atoms with Crippen LogP contribution in [0.4, 0.5) is 0 Å². The fourth-order valence-corrected chi connectivity index (χ4v) is 4.57. The van der Waals surface area contributed by atoms with Crippen molar-refractivity contribution in [1.29, 1.82) is 0 Å². The van der Waals surface area contributed by atoms with Crippen LogP contribution in [0.5, 0.6) is 0 Å². The number of aliphatic imine (C=N–C) groups is 1. The predicted molar refractivity (Wildman–Crippen MR) is 117 cm³/mol. The molecule has 1 aromatic heterocycles. The molecule has 0 spiro atoms. The molecule has 7 heteroatoms. The van der Waals surface area contributed by atoms with E-state index in [1.165, 1.54) is 11.3 Å². The zero-order chi connectivity index (χ0) is 20.0. The van der Waals surface area contributed by atoms with Crippen molar-refractivity contribution in [3.8, 4) is 0 Å². The van der Waals surface area contributed by atoms with Gasteiger partial charge in [-0.3, -0.25) is 14.7 Å². The van der Waals surface area contributed by atoms with Crippen LogP contribution in [0.25, 0.3) is 0 Å². The molecule has 1 aromatic rings. The number of amides is 1. The minimum absolute atomic E-state index is 0.0785. The van der Waals surface area contributed by atoms with Crippen LogP contribution in [0.15, 0.2) is 22.5 Å². The third-order valence-corrected chi connectivity index (χ3v) is 7.20. The van der Waals surface area contributed by atoms with Gasteiger partial charge in [-0.25, -0.2) is 0 Å². The minimum atomic E-state index is 0.0785. The first kappa shape index (κ1) is 21.1. The van der Waals surface area contributed by atoms with E-state index in [-0.39, 0.29) is 5.41 Å². The van der Waals surface area contributed by atoms with Gasteiger partial charge in [-0.2, -0.15) is 0 Å². The molecule has 1 aliphatic carbocycles. The third kappa shape index (κ3) is 5.47. The standard InChI is InChI=1S/C21H35N5OS/c1-21(2,18-8-5-15-28-18)16-24-20(22-3)23-9-10-25-11-13-26(14-12-25)19(27)17-6-4-7-17/h5,8,15,17H,4,6-7,9-14,16H2,1-3H3,(H2,22,23,24). The fraction of sp³-hybridized carbons (Fsp3) is 0.714. The molecule has 0 radical (unpaired) electrons. The lowest BCUT2D eigenvalue weighted by atomic mass is 9.84. The molecule has 1 saturated heterocycles. The molecule has 2 heterocycles. The largest absolute Gasteiger partial charge is 0.356 e. The molecule has 1 amide bonds. The Morgan fingerprint density at radius 3 is 2.57 bits per heavy atom. The van der Waals surface area contributed by atoms with E-state index >= 15 is 0 Å². The first-order valence-electron chi connectivity index (χ1n) is 10.5. The summed E-state index contributed by atoms with van der Waals surface area (Å²) in [7, 11) is 1.82. The Balaban J connectivity index is 1.33. The van der Waals surface area contributed by atoms with Gasteiger partial charge < -0.3 is 15.5 Å². The van der Waals surface area contributed by atoms with E-state index in [0.29, 0.717) is 11.8 Å². The van der Waals surface area contributed by atoms with Crippen LogP contribution in [0.1, 0.15) is 38.0 Å². The lowest BCUT2D eigenvalue weighted by Crippen LogP contribution is -2.52. The molecule has 1 saturated carbocycles. The van der Waals surface area contributed by atoms with Crippen LogP contribution in [0.3, 0.4) is 0 Å². The maximum atomic E-state index is 12.3. The summed E-state index contributed by atoms with van der Waals surface area (Å²) in [5.41, 5.74) is 0.0785. The Hall–Kier alpha value is -1.60. The molecule has 0 unspecified atom stereocenters. The van der Waals surface area contributed by atoms with E-state index in [0.717, 1.165) is 64.6 Å². The monoisotopic (exact) mass is 405 g/mol. The second-order valence-corrected chi connectivity index (χ2v) is 9.46. The normalized spacial score (nSPS) is 19.4. The number of rotatable bonds is 7. The zero-order valence-corrected chi connectivity index (χ0v) is 18.4. The second-order valence-electron chi connectivity index (χ2n) is 8.51. The molecular formula is C21H35N5OS. The average Bonchev–Trinajstić information content (AvgIpc) is 3.19. The molecule has 3 rings (SSSR count).